The zero-order chi connectivity index (χ0) is 38.3. The summed E-state index contributed by atoms with van der Waals surface area (Å²) in [6, 6.07) is 46.5. The highest BCUT2D eigenvalue weighted by molar-refractivity contribution is 7.00. The molecule has 0 fully saturated rings. The van der Waals surface area contributed by atoms with E-state index >= 15 is 4.39 Å². The lowest BCUT2D eigenvalue weighted by molar-refractivity contribution is 0.0194. The zero-order valence-electron chi connectivity index (χ0n) is 33.2. The highest BCUT2D eigenvalue weighted by Crippen LogP contribution is 2.40. The van der Waals surface area contributed by atoms with Crippen LogP contribution in [0.2, 0.25) is 10.1 Å². The van der Waals surface area contributed by atoms with Crippen LogP contribution >= 0.6 is 0 Å². The molecule has 284 valence electrons. The van der Waals surface area contributed by atoms with Crippen molar-refractivity contribution in [3.63, 3.8) is 0 Å². The van der Waals surface area contributed by atoms with Crippen molar-refractivity contribution in [1.29, 1.82) is 0 Å². The van der Waals surface area contributed by atoms with Gasteiger partial charge in [0.2, 0.25) is 0 Å². The Bertz CT molecular complexity index is 1730. The minimum absolute atomic E-state index is 0.0561. The van der Waals surface area contributed by atoms with Gasteiger partial charge in [0.25, 0.3) is 16.6 Å². The Morgan fingerprint density at radius 2 is 1.02 bits per heavy atom. The number of hydrogen-bond acceptors (Lipinski definition) is 4. The minimum atomic E-state index is -3.01. The van der Waals surface area contributed by atoms with E-state index in [0.717, 1.165) is 64.5 Å². The molecule has 0 unspecified atom stereocenters. The van der Waals surface area contributed by atoms with Gasteiger partial charge in [0.15, 0.2) is 5.67 Å². The lowest BCUT2D eigenvalue weighted by Crippen LogP contribution is -2.69. The number of alkyl halides is 1. The van der Waals surface area contributed by atoms with Gasteiger partial charge < -0.3 is 14.2 Å². The molecule has 7 heteroatoms. The van der Waals surface area contributed by atoms with Gasteiger partial charge in [0.1, 0.15) is 5.82 Å². The summed E-state index contributed by atoms with van der Waals surface area (Å²) in [6.07, 6.45) is 4.85. The van der Waals surface area contributed by atoms with Gasteiger partial charge in [-0.25, -0.2) is 9.37 Å². The lowest BCUT2D eigenvalue weighted by Gasteiger charge is -2.46. The first-order chi connectivity index (χ1) is 25.9. The molecule has 6 rings (SSSR count). The summed E-state index contributed by atoms with van der Waals surface area (Å²) in [5, 5.41) is 7.49. The van der Waals surface area contributed by atoms with Crippen LogP contribution in [-0.2, 0) is 21.7 Å². The van der Waals surface area contributed by atoms with Gasteiger partial charge in [-0.05, 0) is 81.0 Å². The molecular weight excluding hydrogens is 700 g/mol. The third-order valence-electron chi connectivity index (χ3n) is 11.2. The number of pyridine rings is 1. The first-order valence-electron chi connectivity index (χ1n) is 19.8. The summed E-state index contributed by atoms with van der Waals surface area (Å²) >= 11 is 0. The van der Waals surface area contributed by atoms with Crippen LogP contribution in [0.1, 0.15) is 78.5 Å². The van der Waals surface area contributed by atoms with Crippen molar-refractivity contribution in [2.24, 2.45) is 0 Å². The van der Waals surface area contributed by atoms with E-state index < -0.39 is 22.3 Å². The number of anilines is 1. The number of rotatable bonds is 15. The van der Waals surface area contributed by atoms with Crippen LogP contribution in [0.4, 0.5) is 10.2 Å². The number of fused-ring (bicyclic) bond motifs is 1. The molecule has 4 aromatic carbocycles. The largest absolute Gasteiger partial charge is 0.404 e. The second-order valence-electron chi connectivity index (χ2n) is 17.1. The molecule has 54 heavy (non-hydrogen) atoms. The first-order valence-corrected chi connectivity index (χ1v) is 23.6. The van der Waals surface area contributed by atoms with E-state index in [1.165, 1.54) is 5.56 Å². The topological polar surface area (TPSA) is 43.4 Å². The highest BCUT2D eigenvalue weighted by Gasteiger charge is 2.54. The summed E-state index contributed by atoms with van der Waals surface area (Å²) in [6.45, 7) is 14.3. The number of halogens is 1. The zero-order valence-corrected chi connectivity index (χ0v) is 35.2. The SMILES string of the molecule is CC(C)(C)[Si](OCC(F)(CCCCc1ccc2c(n1)NCCC2)CO[Si](c1ccccc1)(c1ccccc1)C(C)(C)C)(c1ccccc1)c1ccccc1. The molecule has 0 saturated carbocycles. The van der Waals surface area contributed by atoms with Crippen LogP contribution in [0.5, 0.6) is 0 Å². The first kappa shape index (κ1) is 39.8. The monoisotopic (exact) mass is 758 g/mol. The standard InChI is InChI=1S/C47H59FN2O2Si2/c1-45(2,3)53(40-24-11-7-12-25-40,41-26-13-8-14-27-41)51-36-47(48,34-20-19-23-39-33-32-38-22-21-35-49-44(38)50-39)37-52-54(46(4,5)6,42-28-15-9-16-29-42)43-30-17-10-18-31-43/h7-18,24-33H,19-23,34-37H2,1-6H3,(H,49,50). The second-order valence-corrected chi connectivity index (χ2v) is 25.7. The highest BCUT2D eigenvalue weighted by atomic mass is 28.4. The Kier molecular flexibility index (Phi) is 12.4. The maximum absolute atomic E-state index is 18.4. The fourth-order valence-corrected chi connectivity index (χ4v) is 17.7. The molecule has 1 aliphatic heterocycles. The molecular formula is C47H59FN2O2Si2. The van der Waals surface area contributed by atoms with E-state index in [2.05, 4.69) is 156 Å². The molecule has 0 bridgehead atoms. The molecule has 4 nitrogen and oxygen atoms in total. The van der Waals surface area contributed by atoms with Crippen molar-refractivity contribution in [2.75, 3.05) is 25.1 Å². The third kappa shape index (κ3) is 8.50. The maximum Gasteiger partial charge on any atom is 0.261 e. The predicted molar refractivity (Wildman–Crippen MR) is 230 cm³/mol. The van der Waals surface area contributed by atoms with E-state index in [9.17, 15) is 0 Å². The Morgan fingerprint density at radius 1 is 0.593 bits per heavy atom. The van der Waals surface area contributed by atoms with Gasteiger partial charge in [-0.1, -0.05) is 169 Å². The average molecular weight is 759 g/mol. The molecule has 1 aliphatic rings. The van der Waals surface area contributed by atoms with Gasteiger partial charge in [0.05, 0.1) is 13.2 Å². The van der Waals surface area contributed by atoms with Gasteiger partial charge >= 0.3 is 0 Å². The van der Waals surface area contributed by atoms with Crippen LogP contribution in [0.3, 0.4) is 0 Å². The molecule has 1 N–H and O–H groups in total. The third-order valence-corrected chi connectivity index (χ3v) is 21.2. The summed E-state index contributed by atoms with van der Waals surface area (Å²) in [4.78, 5) is 4.93. The molecule has 0 spiro atoms. The number of aryl methyl sites for hydroxylation is 2. The lowest BCUT2D eigenvalue weighted by atomic mass is 9.99. The van der Waals surface area contributed by atoms with Crippen molar-refractivity contribution in [2.45, 2.75) is 95.8 Å². The van der Waals surface area contributed by atoms with Crippen LogP contribution in [0.15, 0.2) is 133 Å². The summed E-state index contributed by atoms with van der Waals surface area (Å²) < 4.78 is 33.1. The predicted octanol–water partition coefficient (Wildman–Crippen LogP) is 9.01. The number of benzene rings is 4. The molecule has 1 aromatic heterocycles. The van der Waals surface area contributed by atoms with Crippen LogP contribution in [0.25, 0.3) is 0 Å². The smallest absolute Gasteiger partial charge is 0.261 e. The number of nitrogens with one attached hydrogen (secondary N) is 1. The fourth-order valence-electron chi connectivity index (χ4n) is 8.44. The molecule has 2 heterocycles. The maximum atomic E-state index is 18.4. The Balaban J connectivity index is 1.35. The summed E-state index contributed by atoms with van der Waals surface area (Å²) in [5.74, 6) is 1.01. The van der Waals surface area contributed by atoms with E-state index in [1.54, 1.807) is 0 Å². The number of unbranched alkanes of at least 4 members (excludes halogenated alkanes) is 1. The molecule has 5 aromatic rings. The van der Waals surface area contributed by atoms with Crippen molar-refractivity contribution < 1.29 is 13.2 Å². The van der Waals surface area contributed by atoms with Crippen molar-refractivity contribution in [3.8, 4) is 0 Å². The quantitative estimate of drug-likeness (QED) is 0.0856. The van der Waals surface area contributed by atoms with Crippen molar-refractivity contribution in [3.05, 3.63) is 145 Å². The number of nitrogens with zero attached hydrogens (tertiary/aromatic N) is 1. The van der Waals surface area contributed by atoms with E-state index in [0.29, 0.717) is 12.8 Å². The number of hydrogen-bond donors (Lipinski definition) is 1. The average Bonchev–Trinajstić information content (AvgIpc) is 3.18. The van der Waals surface area contributed by atoms with Gasteiger partial charge in [-0.3, -0.25) is 0 Å². The fraction of sp³-hybridized carbons (Fsp3) is 0.383. The Labute approximate surface area is 325 Å². The van der Waals surface area contributed by atoms with Gasteiger partial charge in [0, 0.05) is 12.2 Å². The Morgan fingerprint density at radius 3 is 1.43 bits per heavy atom. The molecule has 0 atom stereocenters. The Hall–Kier alpha value is -3.89. The number of aromatic nitrogens is 1. The van der Waals surface area contributed by atoms with E-state index in [1.807, 2.05) is 24.3 Å². The van der Waals surface area contributed by atoms with Gasteiger partial charge in [-0.15, -0.1) is 0 Å². The van der Waals surface area contributed by atoms with E-state index in [-0.39, 0.29) is 23.3 Å². The van der Waals surface area contributed by atoms with E-state index in [4.69, 9.17) is 13.8 Å². The van der Waals surface area contributed by atoms with Crippen LogP contribution in [0, 0.1) is 0 Å². The molecule has 0 saturated heterocycles. The summed E-state index contributed by atoms with van der Waals surface area (Å²) in [7, 11) is -6.03. The van der Waals surface area contributed by atoms with Crippen molar-refractivity contribution >= 4 is 43.2 Å². The normalized spacial score (nSPS) is 14.0. The van der Waals surface area contributed by atoms with Crippen molar-refractivity contribution in [1.82, 2.24) is 4.98 Å². The second kappa shape index (κ2) is 16.9. The molecule has 0 amide bonds. The minimum Gasteiger partial charge on any atom is -0.404 e. The molecule has 0 aliphatic carbocycles. The summed E-state index contributed by atoms with van der Waals surface area (Å²) in [5.41, 5.74) is 0.596. The van der Waals surface area contributed by atoms with Crippen LogP contribution < -0.4 is 26.1 Å². The molecule has 0 radical (unpaired) electrons. The van der Waals surface area contributed by atoms with Crippen LogP contribution in [-0.4, -0.2) is 47.0 Å². The van der Waals surface area contributed by atoms with Gasteiger partial charge in [-0.2, -0.15) is 0 Å².